The Kier molecular flexibility index (Phi) is 5.92. The number of anilines is 1. The molecule has 7 nitrogen and oxygen atoms in total. The fourth-order valence-electron chi connectivity index (χ4n) is 3.25. The maximum absolute atomic E-state index is 13.7. The molecule has 4 rings (SSSR count). The lowest BCUT2D eigenvalue weighted by molar-refractivity contribution is -0.132. The highest BCUT2D eigenvalue weighted by molar-refractivity contribution is 5.78. The van der Waals surface area contributed by atoms with Crippen molar-refractivity contribution in [2.45, 2.75) is 26.3 Å². The van der Waals surface area contributed by atoms with Crippen LogP contribution in [0.3, 0.4) is 0 Å². The average molecular weight is 410 g/mol. The first kappa shape index (κ1) is 19.9. The van der Waals surface area contributed by atoms with Crippen molar-refractivity contribution in [3.8, 4) is 17.1 Å². The number of carbonyl (C=O) groups is 1. The van der Waals surface area contributed by atoms with Gasteiger partial charge in [0.2, 0.25) is 11.7 Å². The molecule has 0 radical (unpaired) electrons. The number of hydrogen-bond acceptors (Lipinski definition) is 6. The molecule has 0 saturated carbocycles. The predicted molar refractivity (Wildman–Crippen MR) is 110 cm³/mol. The van der Waals surface area contributed by atoms with Crippen molar-refractivity contribution < 1.29 is 18.4 Å². The van der Waals surface area contributed by atoms with Gasteiger partial charge in [-0.3, -0.25) is 4.79 Å². The number of aryl methyl sites for hydroxylation is 1. The maximum Gasteiger partial charge on any atom is 0.260 e. The summed E-state index contributed by atoms with van der Waals surface area (Å²) in [5.41, 5.74) is 1.92. The lowest BCUT2D eigenvalue weighted by atomic mass is 10.1. The second kappa shape index (κ2) is 8.94. The van der Waals surface area contributed by atoms with E-state index in [9.17, 15) is 9.18 Å². The third-order valence-electron chi connectivity index (χ3n) is 5.00. The van der Waals surface area contributed by atoms with Gasteiger partial charge < -0.3 is 19.5 Å². The molecule has 1 N–H and O–H groups in total. The summed E-state index contributed by atoms with van der Waals surface area (Å²) in [7, 11) is 0. The summed E-state index contributed by atoms with van der Waals surface area (Å²) >= 11 is 0. The Morgan fingerprint density at radius 3 is 2.87 bits per heavy atom. The molecule has 1 amide bonds. The summed E-state index contributed by atoms with van der Waals surface area (Å²) in [6.07, 6.45) is 2.11. The molecule has 2 aromatic carbocycles. The highest BCUT2D eigenvalue weighted by atomic mass is 19.1. The highest BCUT2D eigenvalue weighted by Gasteiger charge is 2.18. The molecule has 3 aromatic rings. The zero-order valence-electron chi connectivity index (χ0n) is 16.7. The van der Waals surface area contributed by atoms with Crippen LogP contribution in [0.4, 0.5) is 10.1 Å². The molecule has 30 heavy (non-hydrogen) atoms. The minimum absolute atomic E-state index is 0.0109. The van der Waals surface area contributed by atoms with Crippen LogP contribution in [-0.4, -0.2) is 40.6 Å². The predicted octanol–water partition coefficient (Wildman–Crippen LogP) is 3.80. The van der Waals surface area contributed by atoms with E-state index in [4.69, 9.17) is 9.26 Å². The molecule has 2 heterocycles. The van der Waals surface area contributed by atoms with Gasteiger partial charge in [0.05, 0.1) is 6.54 Å². The number of nitrogens with one attached hydrogen (secondary N) is 1. The molecule has 0 atom stereocenters. The fourth-order valence-corrected chi connectivity index (χ4v) is 3.25. The van der Waals surface area contributed by atoms with Crippen LogP contribution < -0.4 is 10.1 Å². The van der Waals surface area contributed by atoms with Crippen LogP contribution in [0.5, 0.6) is 5.75 Å². The van der Waals surface area contributed by atoms with Gasteiger partial charge in [-0.15, -0.1) is 0 Å². The van der Waals surface area contributed by atoms with E-state index >= 15 is 0 Å². The average Bonchev–Trinajstić information content (AvgIpc) is 3.45. The molecule has 0 spiro atoms. The van der Waals surface area contributed by atoms with Gasteiger partial charge in [-0.25, -0.2) is 4.39 Å². The van der Waals surface area contributed by atoms with Crippen LogP contribution in [0, 0.1) is 12.7 Å². The van der Waals surface area contributed by atoms with E-state index in [0.717, 1.165) is 31.6 Å². The second-order valence-electron chi connectivity index (χ2n) is 7.23. The van der Waals surface area contributed by atoms with E-state index in [1.54, 1.807) is 25.1 Å². The molecule has 156 valence electrons. The number of rotatable bonds is 7. The third-order valence-corrected chi connectivity index (χ3v) is 5.00. The van der Waals surface area contributed by atoms with Crippen molar-refractivity contribution in [2.75, 3.05) is 25.0 Å². The molecule has 8 heteroatoms. The van der Waals surface area contributed by atoms with Crippen molar-refractivity contribution in [1.82, 2.24) is 15.0 Å². The first-order valence-electron chi connectivity index (χ1n) is 9.92. The van der Waals surface area contributed by atoms with Gasteiger partial charge in [0.25, 0.3) is 5.91 Å². The Morgan fingerprint density at radius 2 is 2.07 bits per heavy atom. The topological polar surface area (TPSA) is 80.5 Å². The van der Waals surface area contributed by atoms with Crippen LogP contribution in [0.15, 0.2) is 47.0 Å². The zero-order valence-corrected chi connectivity index (χ0v) is 16.7. The number of amides is 1. The summed E-state index contributed by atoms with van der Waals surface area (Å²) in [4.78, 5) is 18.2. The quantitative estimate of drug-likeness (QED) is 0.638. The number of carbonyl (C=O) groups excluding carboxylic acids is 1. The summed E-state index contributed by atoms with van der Waals surface area (Å²) in [6.45, 7) is 3.66. The Balaban J connectivity index is 1.33. The number of halogens is 1. The molecule has 0 bridgehead atoms. The van der Waals surface area contributed by atoms with E-state index in [2.05, 4.69) is 15.5 Å². The van der Waals surface area contributed by atoms with Crippen molar-refractivity contribution >= 4 is 11.6 Å². The normalized spacial score (nSPS) is 13.5. The van der Waals surface area contributed by atoms with Gasteiger partial charge >= 0.3 is 0 Å². The minimum atomic E-state index is -0.308. The van der Waals surface area contributed by atoms with Gasteiger partial charge in [0.1, 0.15) is 11.6 Å². The number of hydrogen-bond donors (Lipinski definition) is 1. The number of benzene rings is 2. The third kappa shape index (κ3) is 4.76. The zero-order chi connectivity index (χ0) is 20.9. The van der Waals surface area contributed by atoms with Gasteiger partial charge in [-0.2, -0.15) is 4.98 Å². The molecule has 1 aliphatic rings. The van der Waals surface area contributed by atoms with Crippen LogP contribution in [0.1, 0.15) is 24.3 Å². The SMILES string of the molecule is Cc1ccc(-c2noc(CNc3cccc(OCC(=O)N4CCCC4)c3)n2)cc1F. The van der Waals surface area contributed by atoms with Crippen LogP contribution in [-0.2, 0) is 11.3 Å². The van der Waals surface area contributed by atoms with Crippen LogP contribution in [0.2, 0.25) is 0 Å². The molecule has 1 saturated heterocycles. The van der Waals surface area contributed by atoms with E-state index in [-0.39, 0.29) is 18.3 Å². The molecule has 1 aromatic heterocycles. The first-order chi connectivity index (χ1) is 14.6. The molecule has 1 fully saturated rings. The Bertz CT molecular complexity index is 1030. The number of likely N-dealkylation sites (tertiary alicyclic amines) is 1. The van der Waals surface area contributed by atoms with Gasteiger partial charge in [0, 0.05) is 30.4 Å². The van der Waals surface area contributed by atoms with Crippen molar-refractivity contribution in [3.05, 3.63) is 59.7 Å². The van der Waals surface area contributed by atoms with Gasteiger partial charge in [-0.1, -0.05) is 23.4 Å². The Hall–Kier alpha value is -3.42. The lowest BCUT2D eigenvalue weighted by Crippen LogP contribution is -2.32. The Morgan fingerprint density at radius 1 is 1.23 bits per heavy atom. The summed E-state index contributed by atoms with van der Waals surface area (Å²) in [6, 6.07) is 12.2. The van der Waals surface area contributed by atoms with Crippen LogP contribution in [0.25, 0.3) is 11.4 Å². The highest BCUT2D eigenvalue weighted by Crippen LogP contribution is 2.21. The van der Waals surface area contributed by atoms with Crippen molar-refractivity contribution in [2.24, 2.45) is 0 Å². The Labute approximate surface area is 173 Å². The molecule has 1 aliphatic heterocycles. The lowest BCUT2D eigenvalue weighted by Gasteiger charge is -2.15. The first-order valence-corrected chi connectivity index (χ1v) is 9.92. The summed E-state index contributed by atoms with van der Waals surface area (Å²) in [5.74, 6) is 1.02. The van der Waals surface area contributed by atoms with E-state index in [1.807, 2.05) is 23.1 Å². The van der Waals surface area contributed by atoms with E-state index in [1.165, 1.54) is 6.07 Å². The van der Waals surface area contributed by atoms with Gasteiger partial charge in [0.15, 0.2) is 6.61 Å². The monoisotopic (exact) mass is 410 g/mol. The standard InChI is InChI=1S/C22H23FN4O3/c1-15-7-8-16(11-19(15)23)22-25-20(30-26-22)13-24-17-5-4-6-18(12-17)29-14-21(28)27-9-2-3-10-27/h4-8,11-12,24H,2-3,9-10,13-14H2,1H3. The number of aromatic nitrogens is 2. The minimum Gasteiger partial charge on any atom is -0.484 e. The molecule has 0 aliphatic carbocycles. The van der Waals surface area contributed by atoms with E-state index < -0.39 is 0 Å². The summed E-state index contributed by atoms with van der Waals surface area (Å²) < 4.78 is 24.6. The largest absolute Gasteiger partial charge is 0.484 e. The van der Waals surface area contributed by atoms with Gasteiger partial charge in [-0.05, 0) is 43.5 Å². The van der Waals surface area contributed by atoms with Crippen molar-refractivity contribution in [1.29, 1.82) is 0 Å². The van der Waals surface area contributed by atoms with E-state index in [0.29, 0.717) is 35.1 Å². The fraction of sp³-hybridized carbons (Fsp3) is 0.318. The number of nitrogens with zero attached hydrogens (tertiary/aromatic N) is 3. The molecular formula is C22H23FN4O3. The number of ether oxygens (including phenoxy) is 1. The van der Waals surface area contributed by atoms with Crippen LogP contribution >= 0.6 is 0 Å². The smallest absolute Gasteiger partial charge is 0.260 e. The molecule has 0 unspecified atom stereocenters. The summed E-state index contributed by atoms with van der Waals surface area (Å²) in [5, 5.41) is 7.10. The maximum atomic E-state index is 13.7. The second-order valence-corrected chi connectivity index (χ2v) is 7.23. The van der Waals surface area contributed by atoms with Crippen molar-refractivity contribution in [3.63, 3.8) is 0 Å². The molecular weight excluding hydrogens is 387 g/mol.